The van der Waals surface area contributed by atoms with Crippen LogP contribution in [-0.4, -0.2) is 41.7 Å². The molecule has 0 bridgehead atoms. The standard InChI is InChI=1S/C12H24N2O2/c1-8-5-4-6-10(11(8)13)12(16)14(3)9(2)7-15/h8-11,15H,4-7,13H2,1-3H3. The number of aliphatic hydroxyl groups excluding tert-OH is 1. The van der Waals surface area contributed by atoms with Crippen LogP contribution < -0.4 is 5.73 Å². The summed E-state index contributed by atoms with van der Waals surface area (Å²) in [7, 11) is 1.75. The van der Waals surface area contributed by atoms with Gasteiger partial charge in [-0.2, -0.15) is 0 Å². The lowest BCUT2D eigenvalue weighted by atomic mass is 9.77. The first-order chi connectivity index (χ1) is 7.49. The van der Waals surface area contributed by atoms with Crippen molar-refractivity contribution in [1.82, 2.24) is 4.90 Å². The number of hydrogen-bond acceptors (Lipinski definition) is 3. The molecule has 1 fully saturated rings. The molecule has 0 aromatic carbocycles. The van der Waals surface area contributed by atoms with Crippen LogP contribution in [0.25, 0.3) is 0 Å². The Morgan fingerprint density at radius 3 is 2.75 bits per heavy atom. The molecule has 0 aliphatic heterocycles. The maximum absolute atomic E-state index is 12.2. The zero-order valence-corrected chi connectivity index (χ0v) is 10.5. The summed E-state index contributed by atoms with van der Waals surface area (Å²) in [6, 6.07) is -0.161. The summed E-state index contributed by atoms with van der Waals surface area (Å²) in [5, 5.41) is 9.05. The molecule has 0 aromatic rings. The minimum Gasteiger partial charge on any atom is -0.394 e. The topological polar surface area (TPSA) is 66.6 Å². The summed E-state index contributed by atoms with van der Waals surface area (Å²) >= 11 is 0. The zero-order chi connectivity index (χ0) is 12.3. The van der Waals surface area contributed by atoms with Gasteiger partial charge >= 0.3 is 0 Å². The largest absolute Gasteiger partial charge is 0.394 e. The number of nitrogens with two attached hydrogens (primary N) is 1. The summed E-state index contributed by atoms with van der Waals surface area (Å²) in [5.74, 6) is 0.434. The predicted octanol–water partition coefficient (Wildman–Crippen LogP) is 0.589. The normalized spacial score (nSPS) is 32.2. The van der Waals surface area contributed by atoms with Gasteiger partial charge < -0.3 is 15.7 Å². The van der Waals surface area contributed by atoms with E-state index in [1.807, 2.05) is 6.92 Å². The lowest BCUT2D eigenvalue weighted by Gasteiger charge is -2.36. The molecule has 0 radical (unpaired) electrons. The fourth-order valence-electron chi connectivity index (χ4n) is 2.33. The third-order valence-corrected chi connectivity index (χ3v) is 3.89. The number of rotatable bonds is 3. The van der Waals surface area contributed by atoms with E-state index in [4.69, 9.17) is 10.8 Å². The Labute approximate surface area is 97.8 Å². The summed E-state index contributed by atoms with van der Waals surface area (Å²) in [6.45, 7) is 3.95. The Morgan fingerprint density at radius 2 is 2.19 bits per heavy atom. The van der Waals surface area contributed by atoms with Crippen molar-refractivity contribution in [3.63, 3.8) is 0 Å². The number of carbonyl (C=O) groups is 1. The average molecular weight is 228 g/mol. The Hall–Kier alpha value is -0.610. The second kappa shape index (κ2) is 5.64. The molecule has 94 valence electrons. The first kappa shape index (κ1) is 13.5. The van der Waals surface area contributed by atoms with Gasteiger partial charge in [-0.25, -0.2) is 0 Å². The lowest BCUT2D eigenvalue weighted by molar-refractivity contribution is -0.139. The molecular formula is C12H24N2O2. The summed E-state index contributed by atoms with van der Waals surface area (Å²) in [4.78, 5) is 13.8. The van der Waals surface area contributed by atoms with E-state index in [0.717, 1.165) is 19.3 Å². The van der Waals surface area contributed by atoms with Gasteiger partial charge in [-0.15, -0.1) is 0 Å². The Bertz CT molecular complexity index is 245. The van der Waals surface area contributed by atoms with E-state index < -0.39 is 0 Å². The van der Waals surface area contributed by atoms with E-state index in [-0.39, 0.29) is 30.5 Å². The molecule has 0 heterocycles. The van der Waals surface area contributed by atoms with Gasteiger partial charge in [0.15, 0.2) is 0 Å². The average Bonchev–Trinajstić information content (AvgIpc) is 2.29. The molecule has 4 unspecified atom stereocenters. The summed E-state index contributed by atoms with van der Waals surface area (Å²) in [5.41, 5.74) is 6.09. The van der Waals surface area contributed by atoms with Crippen molar-refractivity contribution in [2.24, 2.45) is 17.6 Å². The number of hydrogen-bond donors (Lipinski definition) is 2. The highest BCUT2D eigenvalue weighted by Gasteiger charge is 2.35. The van der Waals surface area contributed by atoms with Crippen LogP contribution in [0.1, 0.15) is 33.1 Å². The van der Waals surface area contributed by atoms with Crippen molar-refractivity contribution in [3.8, 4) is 0 Å². The Morgan fingerprint density at radius 1 is 1.56 bits per heavy atom. The number of amides is 1. The predicted molar refractivity (Wildman–Crippen MR) is 63.8 cm³/mol. The van der Waals surface area contributed by atoms with Crippen LogP contribution in [0.4, 0.5) is 0 Å². The van der Waals surface area contributed by atoms with Crippen molar-refractivity contribution < 1.29 is 9.90 Å². The van der Waals surface area contributed by atoms with Gasteiger partial charge in [-0.05, 0) is 25.7 Å². The molecule has 1 aliphatic rings. The molecule has 1 saturated carbocycles. The third-order valence-electron chi connectivity index (χ3n) is 3.89. The van der Waals surface area contributed by atoms with Crippen molar-refractivity contribution in [2.45, 2.75) is 45.2 Å². The molecule has 1 aliphatic carbocycles. The quantitative estimate of drug-likeness (QED) is 0.743. The molecule has 4 heteroatoms. The van der Waals surface area contributed by atoms with Gasteiger partial charge in [0, 0.05) is 13.1 Å². The molecule has 3 N–H and O–H groups in total. The minimum absolute atomic E-state index is 0.000246. The molecule has 0 spiro atoms. The zero-order valence-electron chi connectivity index (χ0n) is 10.5. The van der Waals surface area contributed by atoms with E-state index in [9.17, 15) is 4.79 Å². The van der Waals surface area contributed by atoms with E-state index in [2.05, 4.69) is 6.92 Å². The third kappa shape index (κ3) is 2.74. The highest BCUT2D eigenvalue weighted by molar-refractivity contribution is 5.79. The maximum Gasteiger partial charge on any atom is 0.227 e. The molecule has 4 nitrogen and oxygen atoms in total. The smallest absolute Gasteiger partial charge is 0.227 e. The fraction of sp³-hybridized carbons (Fsp3) is 0.917. The second-order valence-corrected chi connectivity index (χ2v) is 5.07. The van der Waals surface area contributed by atoms with Gasteiger partial charge in [-0.3, -0.25) is 4.79 Å². The van der Waals surface area contributed by atoms with Crippen molar-refractivity contribution in [3.05, 3.63) is 0 Å². The van der Waals surface area contributed by atoms with Crippen LogP contribution in [0, 0.1) is 11.8 Å². The van der Waals surface area contributed by atoms with Crippen LogP contribution >= 0.6 is 0 Å². The highest BCUT2D eigenvalue weighted by Crippen LogP contribution is 2.29. The molecule has 0 aromatic heterocycles. The van der Waals surface area contributed by atoms with Gasteiger partial charge in [0.1, 0.15) is 0 Å². The molecule has 1 amide bonds. The maximum atomic E-state index is 12.2. The lowest BCUT2D eigenvalue weighted by Crippen LogP contribution is -2.50. The second-order valence-electron chi connectivity index (χ2n) is 5.07. The SMILES string of the molecule is CC1CCCC(C(=O)N(C)C(C)CO)C1N. The van der Waals surface area contributed by atoms with Crippen molar-refractivity contribution in [2.75, 3.05) is 13.7 Å². The van der Waals surface area contributed by atoms with Crippen LogP contribution in [0.2, 0.25) is 0 Å². The number of likely N-dealkylation sites (N-methyl/N-ethyl adjacent to an activating group) is 1. The van der Waals surface area contributed by atoms with Crippen LogP contribution in [0.15, 0.2) is 0 Å². The summed E-state index contributed by atoms with van der Waals surface area (Å²) < 4.78 is 0. The van der Waals surface area contributed by atoms with Gasteiger partial charge in [0.2, 0.25) is 5.91 Å². The Balaban J connectivity index is 2.65. The van der Waals surface area contributed by atoms with Gasteiger partial charge in [-0.1, -0.05) is 13.3 Å². The Kier molecular flexibility index (Phi) is 4.74. The summed E-state index contributed by atoms with van der Waals surface area (Å²) in [6.07, 6.45) is 3.07. The number of aliphatic hydroxyl groups is 1. The van der Waals surface area contributed by atoms with Crippen LogP contribution in [0.5, 0.6) is 0 Å². The van der Waals surface area contributed by atoms with Gasteiger partial charge in [0.25, 0.3) is 0 Å². The van der Waals surface area contributed by atoms with E-state index in [1.54, 1.807) is 11.9 Å². The molecule has 0 saturated heterocycles. The molecule has 1 rings (SSSR count). The minimum atomic E-state index is -0.128. The van der Waals surface area contributed by atoms with Crippen LogP contribution in [0.3, 0.4) is 0 Å². The molecule has 16 heavy (non-hydrogen) atoms. The first-order valence-electron chi connectivity index (χ1n) is 6.12. The molecule has 4 atom stereocenters. The number of carbonyl (C=O) groups excluding carboxylic acids is 1. The molecular weight excluding hydrogens is 204 g/mol. The van der Waals surface area contributed by atoms with Gasteiger partial charge in [0.05, 0.1) is 18.6 Å². The van der Waals surface area contributed by atoms with Crippen molar-refractivity contribution in [1.29, 1.82) is 0 Å². The van der Waals surface area contributed by atoms with E-state index >= 15 is 0 Å². The number of nitrogens with zero attached hydrogens (tertiary/aromatic N) is 1. The van der Waals surface area contributed by atoms with Crippen LogP contribution in [-0.2, 0) is 4.79 Å². The van der Waals surface area contributed by atoms with Crippen molar-refractivity contribution >= 4 is 5.91 Å². The highest BCUT2D eigenvalue weighted by atomic mass is 16.3. The first-order valence-corrected chi connectivity index (χ1v) is 6.12. The monoisotopic (exact) mass is 228 g/mol. The fourth-order valence-corrected chi connectivity index (χ4v) is 2.33. The van der Waals surface area contributed by atoms with E-state index in [1.165, 1.54) is 0 Å². The van der Waals surface area contributed by atoms with E-state index in [0.29, 0.717) is 5.92 Å².